The van der Waals surface area contributed by atoms with Crippen LogP contribution in [0.4, 0.5) is 0 Å². The van der Waals surface area contributed by atoms with Crippen LogP contribution in [0.2, 0.25) is 0 Å². The average molecular weight is 275 g/mol. The molecule has 1 saturated carbocycles. The van der Waals surface area contributed by atoms with Crippen LogP contribution in [-0.2, 0) is 0 Å². The summed E-state index contributed by atoms with van der Waals surface area (Å²) in [5.41, 5.74) is 5.98. The van der Waals surface area contributed by atoms with Gasteiger partial charge >= 0.3 is 0 Å². The highest BCUT2D eigenvalue weighted by atomic mass is 16.5. The van der Waals surface area contributed by atoms with Gasteiger partial charge < -0.3 is 15.6 Å². The van der Waals surface area contributed by atoms with Gasteiger partial charge in [-0.15, -0.1) is 0 Å². The van der Waals surface area contributed by atoms with Crippen LogP contribution in [0.25, 0.3) is 6.08 Å². The van der Waals surface area contributed by atoms with Crippen molar-refractivity contribution in [2.24, 2.45) is 5.73 Å². The van der Waals surface area contributed by atoms with Gasteiger partial charge in [-0.05, 0) is 37.5 Å². The standard InChI is InChI=1S/C17H25NO2/c1-14(13-18)20-16-7-5-6-15(12-16)8-11-17(19)9-3-2-4-10-17/h5-8,11-12,14,19H,2-4,9-10,13,18H2,1H3/b11-8+/t14-/m0/s1. The summed E-state index contributed by atoms with van der Waals surface area (Å²) in [6, 6.07) is 7.89. The van der Waals surface area contributed by atoms with E-state index in [9.17, 15) is 5.11 Å². The molecule has 0 radical (unpaired) electrons. The van der Waals surface area contributed by atoms with Crippen LogP contribution in [0.15, 0.2) is 30.3 Å². The van der Waals surface area contributed by atoms with E-state index in [0.717, 1.165) is 37.0 Å². The number of nitrogens with two attached hydrogens (primary N) is 1. The minimum absolute atomic E-state index is 0.0109. The molecule has 20 heavy (non-hydrogen) atoms. The minimum atomic E-state index is -0.625. The maximum absolute atomic E-state index is 10.5. The summed E-state index contributed by atoms with van der Waals surface area (Å²) in [6.07, 6.45) is 9.13. The van der Waals surface area contributed by atoms with Crippen molar-refractivity contribution in [2.45, 2.75) is 50.7 Å². The molecule has 3 nitrogen and oxygen atoms in total. The summed E-state index contributed by atoms with van der Waals surface area (Å²) >= 11 is 0. The Morgan fingerprint density at radius 3 is 2.80 bits per heavy atom. The van der Waals surface area contributed by atoms with Crippen LogP contribution in [-0.4, -0.2) is 23.4 Å². The number of hydrogen-bond donors (Lipinski definition) is 2. The molecule has 1 aromatic rings. The minimum Gasteiger partial charge on any atom is -0.489 e. The van der Waals surface area contributed by atoms with E-state index in [2.05, 4.69) is 0 Å². The topological polar surface area (TPSA) is 55.5 Å². The molecule has 1 aromatic carbocycles. The third-order valence-corrected chi connectivity index (χ3v) is 3.83. The van der Waals surface area contributed by atoms with Crippen molar-refractivity contribution in [3.05, 3.63) is 35.9 Å². The van der Waals surface area contributed by atoms with Crippen molar-refractivity contribution in [2.75, 3.05) is 6.54 Å². The molecular weight excluding hydrogens is 250 g/mol. The Labute approximate surface area is 121 Å². The van der Waals surface area contributed by atoms with Crippen LogP contribution < -0.4 is 10.5 Å². The molecule has 0 amide bonds. The zero-order valence-corrected chi connectivity index (χ0v) is 12.2. The van der Waals surface area contributed by atoms with Crippen LogP contribution >= 0.6 is 0 Å². The lowest BCUT2D eigenvalue weighted by atomic mass is 9.84. The summed E-state index contributed by atoms with van der Waals surface area (Å²) in [5, 5.41) is 10.5. The average Bonchev–Trinajstić information content (AvgIpc) is 2.46. The van der Waals surface area contributed by atoms with E-state index in [1.807, 2.05) is 43.3 Å². The number of hydrogen-bond acceptors (Lipinski definition) is 3. The number of rotatable bonds is 5. The van der Waals surface area contributed by atoms with E-state index < -0.39 is 5.60 Å². The van der Waals surface area contributed by atoms with E-state index in [4.69, 9.17) is 10.5 Å². The molecule has 1 aliphatic carbocycles. The van der Waals surface area contributed by atoms with E-state index in [1.54, 1.807) is 0 Å². The van der Waals surface area contributed by atoms with Crippen LogP contribution in [0, 0.1) is 0 Å². The summed E-state index contributed by atoms with van der Waals surface area (Å²) < 4.78 is 5.70. The van der Waals surface area contributed by atoms with Crippen LogP contribution in [0.1, 0.15) is 44.6 Å². The zero-order valence-electron chi connectivity index (χ0n) is 12.2. The lowest BCUT2D eigenvalue weighted by Crippen LogP contribution is -2.28. The van der Waals surface area contributed by atoms with Crippen molar-refractivity contribution < 1.29 is 9.84 Å². The maximum atomic E-state index is 10.5. The number of aliphatic hydroxyl groups is 1. The first kappa shape index (κ1) is 15.1. The summed E-state index contributed by atoms with van der Waals surface area (Å²) in [4.78, 5) is 0. The third kappa shape index (κ3) is 4.36. The lowest BCUT2D eigenvalue weighted by molar-refractivity contribution is 0.0521. The van der Waals surface area contributed by atoms with Gasteiger partial charge in [-0.25, -0.2) is 0 Å². The largest absolute Gasteiger partial charge is 0.489 e. The highest BCUT2D eigenvalue weighted by Gasteiger charge is 2.25. The summed E-state index contributed by atoms with van der Waals surface area (Å²) in [5.74, 6) is 0.820. The fraction of sp³-hybridized carbons (Fsp3) is 0.529. The van der Waals surface area contributed by atoms with E-state index in [1.165, 1.54) is 6.42 Å². The fourth-order valence-corrected chi connectivity index (χ4v) is 2.55. The molecule has 2 rings (SSSR count). The van der Waals surface area contributed by atoms with Gasteiger partial charge in [0.2, 0.25) is 0 Å². The predicted molar refractivity (Wildman–Crippen MR) is 82.7 cm³/mol. The molecule has 0 spiro atoms. The highest BCUT2D eigenvalue weighted by molar-refractivity contribution is 5.53. The van der Waals surface area contributed by atoms with Crippen molar-refractivity contribution in [3.8, 4) is 5.75 Å². The Morgan fingerprint density at radius 1 is 1.35 bits per heavy atom. The monoisotopic (exact) mass is 275 g/mol. The number of benzene rings is 1. The van der Waals surface area contributed by atoms with E-state index in [0.29, 0.717) is 6.54 Å². The number of ether oxygens (including phenoxy) is 1. The second-order valence-corrected chi connectivity index (χ2v) is 5.73. The Bertz CT molecular complexity index is 450. The molecule has 0 aliphatic heterocycles. The first-order valence-corrected chi connectivity index (χ1v) is 7.50. The Kier molecular flexibility index (Phi) is 5.21. The van der Waals surface area contributed by atoms with Crippen molar-refractivity contribution >= 4 is 6.08 Å². The molecule has 3 heteroatoms. The van der Waals surface area contributed by atoms with Crippen molar-refractivity contribution in [1.29, 1.82) is 0 Å². The van der Waals surface area contributed by atoms with E-state index in [-0.39, 0.29) is 6.10 Å². The molecular formula is C17H25NO2. The first-order chi connectivity index (χ1) is 9.61. The Hall–Kier alpha value is -1.32. The van der Waals surface area contributed by atoms with Crippen molar-refractivity contribution in [3.63, 3.8) is 0 Å². The smallest absolute Gasteiger partial charge is 0.120 e. The molecule has 110 valence electrons. The third-order valence-electron chi connectivity index (χ3n) is 3.83. The molecule has 0 bridgehead atoms. The Morgan fingerprint density at radius 2 is 2.10 bits per heavy atom. The Balaban J connectivity index is 2.03. The molecule has 1 atom stereocenters. The molecule has 0 aromatic heterocycles. The predicted octanol–water partition coefficient (Wildman–Crippen LogP) is 3.12. The molecule has 0 heterocycles. The second-order valence-electron chi connectivity index (χ2n) is 5.73. The first-order valence-electron chi connectivity index (χ1n) is 7.50. The van der Waals surface area contributed by atoms with Gasteiger partial charge in [-0.2, -0.15) is 0 Å². The van der Waals surface area contributed by atoms with Crippen LogP contribution in [0.3, 0.4) is 0 Å². The fourth-order valence-electron chi connectivity index (χ4n) is 2.55. The van der Waals surface area contributed by atoms with Gasteiger partial charge in [0.1, 0.15) is 11.9 Å². The van der Waals surface area contributed by atoms with Gasteiger partial charge in [0, 0.05) is 6.54 Å². The van der Waals surface area contributed by atoms with E-state index >= 15 is 0 Å². The lowest BCUT2D eigenvalue weighted by Gasteiger charge is -2.28. The normalized spacial score (nSPS) is 19.9. The van der Waals surface area contributed by atoms with Gasteiger partial charge in [-0.1, -0.05) is 43.5 Å². The highest BCUT2D eigenvalue weighted by Crippen LogP contribution is 2.30. The molecule has 1 fully saturated rings. The SMILES string of the molecule is C[C@@H](CN)Oc1cccc(/C=C/C2(O)CCCCC2)c1. The molecule has 0 unspecified atom stereocenters. The van der Waals surface area contributed by atoms with Gasteiger partial charge in [0.15, 0.2) is 0 Å². The van der Waals surface area contributed by atoms with Gasteiger partial charge in [-0.3, -0.25) is 0 Å². The molecule has 3 N–H and O–H groups in total. The van der Waals surface area contributed by atoms with Gasteiger partial charge in [0.05, 0.1) is 5.60 Å². The maximum Gasteiger partial charge on any atom is 0.120 e. The van der Waals surface area contributed by atoms with Crippen molar-refractivity contribution in [1.82, 2.24) is 0 Å². The van der Waals surface area contributed by atoms with Gasteiger partial charge in [0.25, 0.3) is 0 Å². The second kappa shape index (κ2) is 6.91. The summed E-state index contributed by atoms with van der Waals surface area (Å²) in [7, 11) is 0. The quantitative estimate of drug-likeness (QED) is 0.868. The zero-order chi connectivity index (χ0) is 14.4. The molecule has 0 saturated heterocycles. The molecule has 1 aliphatic rings. The van der Waals surface area contributed by atoms with Crippen LogP contribution in [0.5, 0.6) is 5.75 Å². The summed E-state index contributed by atoms with van der Waals surface area (Å²) in [6.45, 7) is 2.45.